The number of nitrogens with zero attached hydrogens (tertiary/aromatic N) is 2. The predicted molar refractivity (Wildman–Crippen MR) is 107 cm³/mol. The van der Waals surface area contributed by atoms with E-state index in [1.165, 1.54) is 41.3 Å². The van der Waals surface area contributed by atoms with Crippen molar-refractivity contribution < 1.29 is 28.2 Å². The number of imide groups is 1. The quantitative estimate of drug-likeness (QED) is 0.749. The van der Waals surface area contributed by atoms with Crippen molar-refractivity contribution in [3.8, 4) is 11.5 Å². The van der Waals surface area contributed by atoms with Crippen LogP contribution < -0.4 is 19.7 Å². The molecule has 0 aromatic heterocycles. The van der Waals surface area contributed by atoms with E-state index in [1.54, 1.807) is 6.92 Å². The third-order valence-corrected chi connectivity index (χ3v) is 5.07. The molecule has 0 bridgehead atoms. The maximum Gasteiger partial charge on any atom is 0.332 e. The smallest absolute Gasteiger partial charge is 0.332 e. The average molecular weight is 434 g/mol. The van der Waals surface area contributed by atoms with Crippen LogP contribution in [0.1, 0.15) is 6.92 Å². The van der Waals surface area contributed by atoms with Gasteiger partial charge in [0.15, 0.2) is 11.5 Å². The number of nitrogens with one attached hydrogen (secondary N) is 1. The summed E-state index contributed by atoms with van der Waals surface area (Å²) in [5.74, 6) is -0.698. The van der Waals surface area contributed by atoms with E-state index in [0.29, 0.717) is 30.4 Å². The van der Waals surface area contributed by atoms with Gasteiger partial charge in [0.05, 0.1) is 10.7 Å². The van der Waals surface area contributed by atoms with E-state index >= 15 is 0 Å². The van der Waals surface area contributed by atoms with Gasteiger partial charge in [0.25, 0.3) is 5.91 Å². The van der Waals surface area contributed by atoms with Crippen LogP contribution in [0.15, 0.2) is 36.4 Å². The number of fused-ring (bicyclic) bond motifs is 1. The number of ether oxygens (including phenoxy) is 2. The van der Waals surface area contributed by atoms with Gasteiger partial charge in [-0.15, -0.1) is 0 Å². The SMILES string of the molecule is CC1C(=O)N(CC(=O)Nc2cc3c(cc2Cl)OCCO3)C(=O)N1c1ccc(F)cc1. The molecule has 30 heavy (non-hydrogen) atoms. The van der Waals surface area contributed by atoms with Crippen molar-refractivity contribution in [2.75, 3.05) is 30.0 Å². The molecule has 2 aromatic carbocycles. The molecule has 1 fully saturated rings. The van der Waals surface area contributed by atoms with Gasteiger partial charge in [-0.2, -0.15) is 0 Å². The summed E-state index contributed by atoms with van der Waals surface area (Å²) >= 11 is 6.18. The Morgan fingerprint density at radius 3 is 2.47 bits per heavy atom. The third kappa shape index (κ3) is 3.63. The van der Waals surface area contributed by atoms with E-state index in [1.807, 2.05) is 0 Å². The molecule has 2 aliphatic rings. The number of urea groups is 1. The topological polar surface area (TPSA) is 88.2 Å². The van der Waals surface area contributed by atoms with E-state index in [0.717, 1.165) is 4.90 Å². The third-order valence-electron chi connectivity index (χ3n) is 4.76. The van der Waals surface area contributed by atoms with E-state index < -0.39 is 36.2 Å². The van der Waals surface area contributed by atoms with Gasteiger partial charge in [0.2, 0.25) is 5.91 Å². The number of amides is 4. The summed E-state index contributed by atoms with van der Waals surface area (Å²) in [7, 11) is 0. The Balaban J connectivity index is 1.48. The monoisotopic (exact) mass is 433 g/mol. The molecule has 1 N–H and O–H groups in total. The minimum Gasteiger partial charge on any atom is -0.486 e. The second-order valence-corrected chi connectivity index (χ2v) is 7.16. The van der Waals surface area contributed by atoms with Crippen molar-refractivity contribution in [2.45, 2.75) is 13.0 Å². The van der Waals surface area contributed by atoms with Crippen molar-refractivity contribution in [1.29, 1.82) is 0 Å². The van der Waals surface area contributed by atoms with E-state index in [2.05, 4.69) is 5.32 Å². The largest absolute Gasteiger partial charge is 0.486 e. The fraction of sp³-hybridized carbons (Fsp3) is 0.250. The van der Waals surface area contributed by atoms with Crippen LogP contribution in [0.25, 0.3) is 0 Å². The van der Waals surface area contributed by atoms with Crippen molar-refractivity contribution in [2.24, 2.45) is 0 Å². The van der Waals surface area contributed by atoms with Crippen molar-refractivity contribution in [3.63, 3.8) is 0 Å². The highest BCUT2D eigenvalue weighted by molar-refractivity contribution is 6.34. The van der Waals surface area contributed by atoms with Gasteiger partial charge in [-0.3, -0.25) is 19.4 Å². The first-order chi connectivity index (χ1) is 14.3. The van der Waals surface area contributed by atoms with Gasteiger partial charge in [-0.25, -0.2) is 9.18 Å². The number of benzene rings is 2. The number of hydrogen-bond donors (Lipinski definition) is 1. The zero-order valence-electron chi connectivity index (χ0n) is 15.9. The Morgan fingerprint density at radius 1 is 1.17 bits per heavy atom. The van der Waals surface area contributed by atoms with Crippen LogP contribution in [0, 0.1) is 5.82 Å². The van der Waals surface area contributed by atoms with Gasteiger partial charge in [-0.05, 0) is 31.2 Å². The fourth-order valence-electron chi connectivity index (χ4n) is 3.30. The number of carbonyl (C=O) groups excluding carboxylic acids is 3. The van der Waals surface area contributed by atoms with E-state index in [9.17, 15) is 18.8 Å². The van der Waals surface area contributed by atoms with Crippen LogP contribution >= 0.6 is 11.6 Å². The second kappa shape index (κ2) is 7.83. The van der Waals surface area contributed by atoms with Crippen LogP contribution in [0.5, 0.6) is 11.5 Å². The molecule has 2 aromatic rings. The minimum atomic E-state index is -0.825. The molecule has 0 aliphatic carbocycles. The molecular formula is C20H17ClFN3O5. The van der Waals surface area contributed by atoms with Crippen LogP contribution in [-0.4, -0.2) is 48.5 Å². The molecular weight excluding hydrogens is 417 g/mol. The van der Waals surface area contributed by atoms with Gasteiger partial charge >= 0.3 is 6.03 Å². The lowest BCUT2D eigenvalue weighted by Crippen LogP contribution is -2.39. The summed E-state index contributed by atoms with van der Waals surface area (Å²) in [5, 5.41) is 2.81. The molecule has 2 aliphatic heterocycles. The number of carbonyl (C=O) groups is 3. The summed E-state index contributed by atoms with van der Waals surface area (Å²) < 4.78 is 24.1. The lowest BCUT2D eigenvalue weighted by Gasteiger charge is -2.20. The Hall–Kier alpha value is -3.33. The molecule has 1 atom stereocenters. The van der Waals surface area contributed by atoms with Crippen LogP contribution in [-0.2, 0) is 9.59 Å². The zero-order chi connectivity index (χ0) is 21.4. The number of hydrogen-bond acceptors (Lipinski definition) is 5. The lowest BCUT2D eigenvalue weighted by molar-refractivity contribution is -0.130. The summed E-state index contributed by atoms with van der Waals surface area (Å²) in [5.41, 5.74) is 0.633. The van der Waals surface area contributed by atoms with E-state index in [-0.39, 0.29) is 10.7 Å². The first-order valence-electron chi connectivity index (χ1n) is 9.14. The average Bonchev–Trinajstić information content (AvgIpc) is 2.93. The van der Waals surface area contributed by atoms with Gasteiger partial charge in [-0.1, -0.05) is 11.6 Å². The van der Waals surface area contributed by atoms with E-state index in [4.69, 9.17) is 21.1 Å². The number of rotatable bonds is 4. The van der Waals surface area contributed by atoms with Crippen molar-refractivity contribution in [1.82, 2.24) is 4.90 Å². The lowest BCUT2D eigenvalue weighted by atomic mass is 10.2. The molecule has 4 rings (SSSR count). The summed E-state index contributed by atoms with van der Waals surface area (Å²) in [6.07, 6.45) is 0. The van der Waals surface area contributed by atoms with Crippen LogP contribution in [0.2, 0.25) is 5.02 Å². The molecule has 1 saturated heterocycles. The van der Waals surface area contributed by atoms with Crippen molar-refractivity contribution in [3.05, 3.63) is 47.2 Å². The Kier molecular flexibility index (Phi) is 5.21. The fourth-order valence-corrected chi connectivity index (χ4v) is 3.50. The molecule has 0 radical (unpaired) electrons. The standard InChI is InChI=1S/C20H17ClFN3O5/c1-11-19(27)24(20(28)25(11)13-4-2-12(22)3-5-13)10-18(26)23-15-9-17-16(8-14(15)21)29-6-7-30-17/h2-5,8-9,11H,6-7,10H2,1H3,(H,23,26). The van der Waals surface area contributed by atoms with Crippen molar-refractivity contribution >= 4 is 40.8 Å². The normalized spacial score (nSPS) is 18.0. The Morgan fingerprint density at radius 2 is 1.80 bits per heavy atom. The highest BCUT2D eigenvalue weighted by Crippen LogP contribution is 2.38. The summed E-state index contributed by atoms with van der Waals surface area (Å²) in [4.78, 5) is 39.9. The molecule has 8 nitrogen and oxygen atoms in total. The number of anilines is 2. The Bertz CT molecular complexity index is 1030. The summed E-state index contributed by atoms with van der Waals surface area (Å²) in [6.45, 7) is 1.82. The molecule has 0 saturated carbocycles. The maximum atomic E-state index is 13.2. The van der Waals surface area contributed by atoms with Crippen LogP contribution in [0.3, 0.4) is 0 Å². The summed E-state index contributed by atoms with van der Waals surface area (Å²) in [6, 6.07) is 6.74. The molecule has 10 heteroatoms. The van der Waals surface area contributed by atoms with Gasteiger partial charge in [0.1, 0.15) is 31.6 Å². The first-order valence-corrected chi connectivity index (χ1v) is 9.52. The highest BCUT2D eigenvalue weighted by Gasteiger charge is 2.44. The molecule has 4 amide bonds. The molecule has 156 valence electrons. The number of halogens is 2. The Labute approximate surface area is 176 Å². The second-order valence-electron chi connectivity index (χ2n) is 6.75. The first kappa shape index (κ1) is 20.0. The minimum absolute atomic E-state index is 0.230. The zero-order valence-corrected chi connectivity index (χ0v) is 16.6. The van der Waals surface area contributed by atoms with Gasteiger partial charge in [0, 0.05) is 17.8 Å². The maximum absolute atomic E-state index is 13.2. The molecule has 0 spiro atoms. The predicted octanol–water partition coefficient (Wildman–Crippen LogP) is 3.05. The van der Waals surface area contributed by atoms with Crippen LogP contribution in [0.4, 0.5) is 20.6 Å². The molecule has 1 unspecified atom stereocenters. The molecule has 2 heterocycles. The highest BCUT2D eigenvalue weighted by atomic mass is 35.5. The van der Waals surface area contributed by atoms with Gasteiger partial charge < -0.3 is 14.8 Å².